The van der Waals surface area contributed by atoms with Gasteiger partial charge in [0.2, 0.25) is 5.91 Å². The molecule has 0 bridgehead atoms. The Morgan fingerprint density at radius 1 is 1.04 bits per heavy atom. The van der Waals surface area contributed by atoms with E-state index in [0.717, 1.165) is 0 Å². The first-order valence-corrected chi connectivity index (χ1v) is 8.29. The van der Waals surface area contributed by atoms with Crippen molar-refractivity contribution in [3.05, 3.63) is 59.7 Å². The molecule has 0 radical (unpaired) electrons. The summed E-state index contributed by atoms with van der Waals surface area (Å²) in [4.78, 5) is 35.7. The molecule has 2 N–H and O–H groups in total. The fourth-order valence-corrected chi connectivity index (χ4v) is 2.22. The molecule has 0 aliphatic carbocycles. The molecule has 0 atom stereocenters. The maximum Gasteiger partial charge on any atom is 0.387 e. The molecule has 2 amide bonds. The Morgan fingerprint density at radius 2 is 1.71 bits per heavy atom. The lowest BCUT2D eigenvalue weighted by Gasteiger charge is -2.11. The maximum atomic E-state index is 12.4. The number of para-hydroxylation sites is 1. The molecule has 0 heterocycles. The fourth-order valence-electron chi connectivity index (χ4n) is 2.22. The molecule has 9 heteroatoms. The lowest BCUT2D eigenvalue weighted by atomic mass is 10.2. The summed E-state index contributed by atoms with van der Waals surface area (Å²) < 4.78 is 33.9. The highest BCUT2D eigenvalue weighted by Gasteiger charge is 2.16. The molecule has 0 saturated heterocycles. The monoisotopic (exact) mass is 392 g/mol. The van der Waals surface area contributed by atoms with Crippen LogP contribution in [0.4, 0.5) is 14.5 Å². The van der Waals surface area contributed by atoms with E-state index in [4.69, 9.17) is 4.74 Å². The zero-order chi connectivity index (χ0) is 20.5. The van der Waals surface area contributed by atoms with Crippen LogP contribution in [0.2, 0.25) is 0 Å². The molecule has 7 nitrogen and oxygen atoms in total. The number of nitrogens with one attached hydrogen (secondary N) is 2. The third-order valence-electron chi connectivity index (χ3n) is 3.44. The van der Waals surface area contributed by atoms with Gasteiger partial charge in [0.15, 0.2) is 0 Å². The van der Waals surface area contributed by atoms with Crippen molar-refractivity contribution < 1.29 is 32.6 Å². The van der Waals surface area contributed by atoms with Gasteiger partial charge in [-0.3, -0.25) is 9.59 Å². The van der Waals surface area contributed by atoms with Crippen molar-refractivity contribution in [1.82, 2.24) is 5.32 Å². The van der Waals surface area contributed by atoms with Crippen molar-refractivity contribution >= 4 is 23.5 Å². The minimum absolute atomic E-state index is 0.116. The van der Waals surface area contributed by atoms with E-state index in [1.807, 2.05) is 0 Å². The first kappa shape index (κ1) is 20.8. The smallest absolute Gasteiger partial charge is 0.387 e. The van der Waals surface area contributed by atoms with E-state index in [1.54, 1.807) is 6.92 Å². The zero-order valence-electron chi connectivity index (χ0n) is 14.9. The summed E-state index contributed by atoms with van der Waals surface area (Å²) in [6.45, 7) is -1.52. The third kappa shape index (κ3) is 6.04. The summed E-state index contributed by atoms with van der Waals surface area (Å²) in [6, 6.07) is 11.5. The molecule has 0 spiro atoms. The second-order valence-corrected chi connectivity index (χ2v) is 5.40. The number of carbonyl (C=O) groups is 3. The number of halogens is 2. The number of alkyl halides is 2. The second kappa shape index (κ2) is 10.0. The summed E-state index contributed by atoms with van der Waals surface area (Å²) in [6.07, 6.45) is 0. The Bertz CT molecular complexity index is 840. The molecule has 0 unspecified atom stereocenters. The highest BCUT2D eigenvalue weighted by molar-refractivity contribution is 6.01. The SMILES string of the molecule is CCOC(=O)c1ccc(NC(=O)CNC(=O)c2ccccc2OC(F)F)cc1. The van der Waals surface area contributed by atoms with Crippen LogP contribution in [0.3, 0.4) is 0 Å². The molecule has 2 rings (SSSR count). The highest BCUT2D eigenvalue weighted by atomic mass is 19.3. The normalized spacial score (nSPS) is 10.3. The van der Waals surface area contributed by atoms with E-state index in [1.165, 1.54) is 48.5 Å². The molecule has 2 aromatic rings. The van der Waals surface area contributed by atoms with Crippen molar-refractivity contribution in [2.45, 2.75) is 13.5 Å². The van der Waals surface area contributed by atoms with Crippen LogP contribution in [0.1, 0.15) is 27.6 Å². The van der Waals surface area contributed by atoms with Crippen LogP contribution in [0, 0.1) is 0 Å². The van der Waals surface area contributed by atoms with E-state index in [0.29, 0.717) is 11.3 Å². The van der Waals surface area contributed by atoms with E-state index in [-0.39, 0.29) is 24.5 Å². The van der Waals surface area contributed by atoms with Crippen molar-refractivity contribution in [3.63, 3.8) is 0 Å². The van der Waals surface area contributed by atoms with Gasteiger partial charge in [-0.2, -0.15) is 8.78 Å². The largest absolute Gasteiger partial charge is 0.462 e. The van der Waals surface area contributed by atoms with Crippen LogP contribution >= 0.6 is 0 Å². The molecule has 0 aliphatic heterocycles. The van der Waals surface area contributed by atoms with Crippen LogP contribution in [0.15, 0.2) is 48.5 Å². The average molecular weight is 392 g/mol. The summed E-state index contributed by atoms with van der Waals surface area (Å²) in [5.41, 5.74) is 0.631. The minimum Gasteiger partial charge on any atom is -0.462 e. The molecule has 0 fully saturated rings. The van der Waals surface area contributed by atoms with Crippen LogP contribution in [0.25, 0.3) is 0 Å². The zero-order valence-corrected chi connectivity index (χ0v) is 14.9. The summed E-state index contributed by atoms with van der Waals surface area (Å²) in [5.74, 6) is -2.03. The predicted molar refractivity (Wildman–Crippen MR) is 96.4 cm³/mol. The van der Waals surface area contributed by atoms with Crippen LogP contribution in [-0.2, 0) is 9.53 Å². The lowest BCUT2D eigenvalue weighted by molar-refractivity contribution is -0.115. The summed E-state index contributed by atoms with van der Waals surface area (Å²) >= 11 is 0. The van der Waals surface area contributed by atoms with Gasteiger partial charge in [0, 0.05) is 5.69 Å². The first-order chi connectivity index (χ1) is 13.4. The quantitative estimate of drug-likeness (QED) is 0.674. The number of anilines is 1. The van der Waals surface area contributed by atoms with Crippen molar-refractivity contribution in [2.75, 3.05) is 18.5 Å². The predicted octanol–water partition coefficient (Wildman–Crippen LogP) is 2.83. The molecular formula is C19H18F2N2O5. The molecule has 148 valence electrons. The number of hydrogen-bond acceptors (Lipinski definition) is 5. The van der Waals surface area contributed by atoms with Gasteiger partial charge >= 0.3 is 12.6 Å². The lowest BCUT2D eigenvalue weighted by Crippen LogP contribution is -2.33. The topological polar surface area (TPSA) is 93.7 Å². The number of carbonyl (C=O) groups excluding carboxylic acids is 3. The van der Waals surface area contributed by atoms with Crippen LogP contribution in [0.5, 0.6) is 5.75 Å². The van der Waals surface area contributed by atoms with Gasteiger partial charge in [-0.05, 0) is 43.3 Å². The molecule has 0 aliphatic rings. The van der Waals surface area contributed by atoms with Crippen molar-refractivity contribution in [2.24, 2.45) is 0 Å². The fraction of sp³-hybridized carbons (Fsp3) is 0.211. The van der Waals surface area contributed by atoms with Gasteiger partial charge < -0.3 is 20.1 Å². The molecular weight excluding hydrogens is 374 g/mol. The number of hydrogen-bond donors (Lipinski definition) is 2. The van der Waals surface area contributed by atoms with Gasteiger partial charge in [-0.1, -0.05) is 12.1 Å². The van der Waals surface area contributed by atoms with E-state index in [9.17, 15) is 23.2 Å². The summed E-state index contributed by atoms with van der Waals surface area (Å²) in [7, 11) is 0. The van der Waals surface area contributed by atoms with E-state index in [2.05, 4.69) is 15.4 Å². The molecule has 0 saturated carbocycles. The van der Waals surface area contributed by atoms with E-state index < -0.39 is 24.4 Å². The maximum absolute atomic E-state index is 12.4. The van der Waals surface area contributed by atoms with Gasteiger partial charge in [-0.25, -0.2) is 4.79 Å². The Kier molecular flexibility index (Phi) is 7.44. The minimum atomic E-state index is -3.07. The van der Waals surface area contributed by atoms with Gasteiger partial charge in [0.25, 0.3) is 5.91 Å². The third-order valence-corrected chi connectivity index (χ3v) is 3.44. The Hall–Kier alpha value is -3.49. The van der Waals surface area contributed by atoms with Gasteiger partial charge in [-0.15, -0.1) is 0 Å². The molecule has 0 aromatic heterocycles. The summed E-state index contributed by atoms with van der Waals surface area (Å²) in [5, 5.41) is 4.87. The first-order valence-electron chi connectivity index (χ1n) is 8.29. The van der Waals surface area contributed by atoms with E-state index >= 15 is 0 Å². The second-order valence-electron chi connectivity index (χ2n) is 5.40. The standard InChI is InChI=1S/C19H18F2N2O5/c1-2-27-18(26)12-7-9-13(10-8-12)23-16(24)11-22-17(25)14-5-3-4-6-15(14)28-19(20)21/h3-10,19H,2,11H2,1H3,(H,22,25)(H,23,24). The Morgan fingerprint density at radius 3 is 2.36 bits per heavy atom. The number of rotatable bonds is 8. The highest BCUT2D eigenvalue weighted by Crippen LogP contribution is 2.20. The Labute approximate surface area is 159 Å². The van der Waals surface area contributed by atoms with Gasteiger partial charge in [0.05, 0.1) is 24.3 Å². The number of amides is 2. The average Bonchev–Trinajstić information content (AvgIpc) is 2.67. The Balaban J connectivity index is 1.90. The molecule has 2 aromatic carbocycles. The van der Waals surface area contributed by atoms with Crippen LogP contribution < -0.4 is 15.4 Å². The van der Waals surface area contributed by atoms with Crippen molar-refractivity contribution in [1.29, 1.82) is 0 Å². The number of esters is 1. The van der Waals surface area contributed by atoms with Crippen LogP contribution in [-0.4, -0.2) is 37.5 Å². The number of benzene rings is 2. The molecule has 28 heavy (non-hydrogen) atoms. The number of ether oxygens (including phenoxy) is 2. The van der Waals surface area contributed by atoms with Gasteiger partial charge in [0.1, 0.15) is 5.75 Å². The van der Waals surface area contributed by atoms with Crippen molar-refractivity contribution in [3.8, 4) is 5.75 Å².